The van der Waals surface area contributed by atoms with Gasteiger partial charge in [-0.25, -0.2) is 4.98 Å². The number of aromatic nitrogens is 1. The van der Waals surface area contributed by atoms with Crippen LogP contribution < -0.4 is 5.32 Å². The number of hydrogen-bond acceptors (Lipinski definition) is 5. The second-order valence-corrected chi connectivity index (χ2v) is 5.69. The molecule has 0 spiro atoms. The second-order valence-electron chi connectivity index (χ2n) is 4.83. The number of nitrogens with zero attached hydrogens (tertiary/aromatic N) is 2. The molecule has 6 heteroatoms. The zero-order valence-corrected chi connectivity index (χ0v) is 12.3. The first kappa shape index (κ1) is 14.4. The van der Waals surface area contributed by atoms with Crippen LogP contribution in [0, 0.1) is 5.92 Å². The fraction of sp³-hybridized carbons (Fsp3) is 0.692. The Hall–Kier alpha value is -0.980. The molecule has 1 aromatic rings. The molecule has 2 heterocycles. The van der Waals surface area contributed by atoms with E-state index in [-0.39, 0.29) is 11.8 Å². The molecule has 1 saturated heterocycles. The lowest BCUT2D eigenvalue weighted by Crippen LogP contribution is -2.35. The first-order valence-electron chi connectivity index (χ1n) is 6.74. The van der Waals surface area contributed by atoms with Crippen molar-refractivity contribution in [2.24, 2.45) is 5.92 Å². The van der Waals surface area contributed by atoms with E-state index in [0.717, 1.165) is 45.0 Å². The molecule has 2 rings (SSSR count). The smallest absolute Gasteiger partial charge is 0.228 e. The van der Waals surface area contributed by atoms with Gasteiger partial charge in [0.25, 0.3) is 0 Å². The average molecular weight is 283 g/mol. The monoisotopic (exact) mass is 283 g/mol. The Labute approximate surface area is 118 Å². The van der Waals surface area contributed by atoms with E-state index in [1.165, 1.54) is 11.3 Å². The van der Waals surface area contributed by atoms with Crippen molar-refractivity contribution in [1.29, 1.82) is 0 Å². The van der Waals surface area contributed by atoms with Gasteiger partial charge in [0.15, 0.2) is 5.13 Å². The molecule has 1 amide bonds. The molecule has 19 heavy (non-hydrogen) atoms. The van der Waals surface area contributed by atoms with Crippen LogP contribution in [0.5, 0.6) is 0 Å². The van der Waals surface area contributed by atoms with E-state index < -0.39 is 0 Å². The molecule has 5 nitrogen and oxygen atoms in total. The number of rotatable bonds is 5. The minimum atomic E-state index is 0.0339. The summed E-state index contributed by atoms with van der Waals surface area (Å²) in [5, 5.41) is 5.59. The maximum atomic E-state index is 11.8. The number of morpholine rings is 1. The molecular weight excluding hydrogens is 262 g/mol. The van der Waals surface area contributed by atoms with E-state index in [4.69, 9.17) is 4.74 Å². The number of hydrogen-bond donors (Lipinski definition) is 1. The third-order valence-electron chi connectivity index (χ3n) is 3.33. The number of carbonyl (C=O) groups is 1. The van der Waals surface area contributed by atoms with Crippen molar-refractivity contribution in [3.05, 3.63) is 11.1 Å². The largest absolute Gasteiger partial charge is 0.379 e. The summed E-state index contributed by atoms with van der Waals surface area (Å²) in [6.45, 7) is 8.26. The van der Waals surface area contributed by atoms with Crippen LogP contribution in [0.15, 0.2) is 5.38 Å². The molecule has 1 fully saturated rings. The molecule has 1 aliphatic rings. The Bertz CT molecular complexity index is 416. The first-order valence-corrected chi connectivity index (χ1v) is 7.62. The molecule has 1 aliphatic heterocycles. The van der Waals surface area contributed by atoms with Gasteiger partial charge in [-0.15, -0.1) is 11.3 Å². The molecule has 0 bridgehead atoms. The summed E-state index contributed by atoms with van der Waals surface area (Å²) in [5.74, 6) is 0.0846. The SMILES string of the molecule is CCC(C)C(=O)Nc1nc(CN2CCOCC2)cs1. The lowest BCUT2D eigenvalue weighted by Gasteiger charge is -2.25. The first-order chi connectivity index (χ1) is 9.19. The van der Waals surface area contributed by atoms with Crippen LogP contribution in [0.2, 0.25) is 0 Å². The topological polar surface area (TPSA) is 54.5 Å². The van der Waals surface area contributed by atoms with Gasteiger partial charge in [-0.3, -0.25) is 9.69 Å². The molecule has 0 saturated carbocycles. The number of ether oxygens (including phenoxy) is 1. The van der Waals surface area contributed by atoms with E-state index in [1.54, 1.807) is 0 Å². The van der Waals surface area contributed by atoms with Gasteiger partial charge in [0, 0.05) is 30.9 Å². The van der Waals surface area contributed by atoms with Gasteiger partial charge in [0.1, 0.15) is 0 Å². The van der Waals surface area contributed by atoms with Crippen LogP contribution in [0.1, 0.15) is 26.0 Å². The predicted molar refractivity (Wildman–Crippen MR) is 76.3 cm³/mol. The number of nitrogens with one attached hydrogen (secondary N) is 1. The molecular formula is C13H21N3O2S. The zero-order valence-electron chi connectivity index (χ0n) is 11.5. The van der Waals surface area contributed by atoms with Gasteiger partial charge in [-0.05, 0) is 6.42 Å². The number of amides is 1. The summed E-state index contributed by atoms with van der Waals surface area (Å²) in [6.07, 6.45) is 0.845. The zero-order chi connectivity index (χ0) is 13.7. The van der Waals surface area contributed by atoms with Gasteiger partial charge in [-0.1, -0.05) is 13.8 Å². The van der Waals surface area contributed by atoms with Gasteiger partial charge in [0.2, 0.25) is 5.91 Å². The van der Waals surface area contributed by atoms with Gasteiger partial charge in [-0.2, -0.15) is 0 Å². The van der Waals surface area contributed by atoms with E-state index in [1.807, 2.05) is 19.2 Å². The molecule has 0 aliphatic carbocycles. The number of anilines is 1. The van der Waals surface area contributed by atoms with Crippen LogP contribution in [-0.2, 0) is 16.1 Å². The quantitative estimate of drug-likeness (QED) is 0.897. The molecule has 106 valence electrons. The summed E-state index contributed by atoms with van der Waals surface area (Å²) in [4.78, 5) is 18.6. The fourth-order valence-corrected chi connectivity index (χ4v) is 2.54. The maximum Gasteiger partial charge on any atom is 0.228 e. The van der Waals surface area contributed by atoms with Crippen molar-refractivity contribution in [2.45, 2.75) is 26.8 Å². The molecule has 1 unspecified atom stereocenters. The summed E-state index contributed by atoms with van der Waals surface area (Å²) in [5.41, 5.74) is 1.02. The second kappa shape index (κ2) is 6.98. The highest BCUT2D eigenvalue weighted by Gasteiger charge is 2.15. The van der Waals surface area contributed by atoms with Crippen molar-refractivity contribution in [3.8, 4) is 0 Å². The number of carbonyl (C=O) groups excluding carboxylic acids is 1. The summed E-state index contributed by atoms with van der Waals surface area (Å²) in [6, 6.07) is 0. The highest BCUT2D eigenvalue weighted by molar-refractivity contribution is 7.13. The molecule has 0 aromatic carbocycles. The number of thiazole rings is 1. The Morgan fingerprint density at radius 3 is 3.00 bits per heavy atom. The average Bonchev–Trinajstić information content (AvgIpc) is 2.86. The van der Waals surface area contributed by atoms with Crippen molar-refractivity contribution in [1.82, 2.24) is 9.88 Å². The minimum absolute atomic E-state index is 0.0339. The van der Waals surface area contributed by atoms with Crippen LogP contribution in [0.3, 0.4) is 0 Å². The Morgan fingerprint density at radius 2 is 2.32 bits per heavy atom. The Balaban J connectivity index is 1.86. The van der Waals surface area contributed by atoms with Crippen molar-refractivity contribution >= 4 is 22.4 Å². The molecule has 1 atom stereocenters. The third-order valence-corrected chi connectivity index (χ3v) is 4.14. The van der Waals surface area contributed by atoms with E-state index in [2.05, 4.69) is 15.2 Å². The van der Waals surface area contributed by atoms with Crippen LogP contribution in [0.25, 0.3) is 0 Å². The van der Waals surface area contributed by atoms with E-state index in [9.17, 15) is 4.79 Å². The summed E-state index contributed by atoms with van der Waals surface area (Å²) in [7, 11) is 0. The normalized spacial score (nSPS) is 18.2. The van der Waals surface area contributed by atoms with E-state index >= 15 is 0 Å². The Kier molecular flexibility index (Phi) is 5.30. The van der Waals surface area contributed by atoms with Crippen molar-refractivity contribution < 1.29 is 9.53 Å². The van der Waals surface area contributed by atoms with Gasteiger partial charge < -0.3 is 10.1 Å². The minimum Gasteiger partial charge on any atom is -0.379 e. The van der Waals surface area contributed by atoms with E-state index in [0.29, 0.717) is 5.13 Å². The molecule has 0 radical (unpaired) electrons. The van der Waals surface area contributed by atoms with Crippen LogP contribution >= 0.6 is 11.3 Å². The molecule has 1 aromatic heterocycles. The predicted octanol–water partition coefficient (Wildman–Crippen LogP) is 1.96. The fourth-order valence-electron chi connectivity index (χ4n) is 1.84. The lowest BCUT2D eigenvalue weighted by atomic mass is 10.1. The van der Waals surface area contributed by atoms with Crippen LogP contribution in [0.4, 0.5) is 5.13 Å². The summed E-state index contributed by atoms with van der Waals surface area (Å²) >= 11 is 1.49. The maximum absolute atomic E-state index is 11.8. The third kappa shape index (κ3) is 4.26. The standard InChI is InChI=1S/C13H21N3O2S/c1-3-10(2)12(17)15-13-14-11(9-19-13)8-16-4-6-18-7-5-16/h9-10H,3-8H2,1-2H3,(H,14,15,17). The highest BCUT2D eigenvalue weighted by Crippen LogP contribution is 2.18. The highest BCUT2D eigenvalue weighted by atomic mass is 32.1. The molecule has 1 N–H and O–H groups in total. The van der Waals surface area contributed by atoms with Gasteiger partial charge >= 0.3 is 0 Å². The summed E-state index contributed by atoms with van der Waals surface area (Å²) < 4.78 is 5.32. The van der Waals surface area contributed by atoms with Crippen LogP contribution in [-0.4, -0.2) is 42.1 Å². The Morgan fingerprint density at radius 1 is 1.58 bits per heavy atom. The lowest BCUT2D eigenvalue weighted by molar-refractivity contribution is -0.119. The van der Waals surface area contributed by atoms with Gasteiger partial charge in [0.05, 0.1) is 18.9 Å². The van der Waals surface area contributed by atoms with Crippen molar-refractivity contribution in [2.75, 3.05) is 31.6 Å². The van der Waals surface area contributed by atoms with Crippen molar-refractivity contribution in [3.63, 3.8) is 0 Å².